The summed E-state index contributed by atoms with van der Waals surface area (Å²) in [5.41, 5.74) is 3.28. The van der Waals surface area contributed by atoms with Crippen LogP contribution in [0.5, 0.6) is 0 Å². The number of hydrogen-bond donors (Lipinski definition) is 0. The Balaban J connectivity index is 3.08. The van der Waals surface area contributed by atoms with E-state index in [9.17, 15) is 0 Å². The van der Waals surface area contributed by atoms with E-state index in [-0.39, 0.29) is 0 Å². The molecule has 0 aromatic heterocycles. The highest BCUT2D eigenvalue weighted by Crippen LogP contribution is 2.28. The van der Waals surface area contributed by atoms with Crippen LogP contribution in [0.1, 0.15) is 27.2 Å². The molecule has 0 amide bonds. The monoisotopic (exact) mass is 147 g/mol. The molecule has 0 fully saturated rings. The van der Waals surface area contributed by atoms with Crippen LogP contribution in [0, 0.1) is 17.2 Å². The first kappa shape index (κ1) is 8.07. The van der Waals surface area contributed by atoms with Crippen molar-refractivity contribution in [1.82, 2.24) is 0 Å². The summed E-state index contributed by atoms with van der Waals surface area (Å²) < 4.78 is 0. The number of nitrogens with zero attached hydrogens (tertiary/aromatic N) is 1. The van der Waals surface area contributed by atoms with Crippen LogP contribution in [-0.4, -0.2) is 0 Å². The van der Waals surface area contributed by atoms with Gasteiger partial charge in [0.2, 0.25) is 0 Å². The second-order valence-electron chi connectivity index (χ2n) is 3.19. The third-order valence-electron chi connectivity index (χ3n) is 2.42. The first-order chi connectivity index (χ1) is 5.16. The second kappa shape index (κ2) is 2.92. The molecule has 0 heterocycles. The van der Waals surface area contributed by atoms with Crippen molar-refractivity contribution in [2.75, 3.05) is 0 Å². The van der Waals surface area contributed by atoms with Gasteiger partial charge >= 0.3 is 0 Å². The average Bonchev–Trinajstić information content (AvgIpc) is 1.99. The lowest BCUT2D eigenvalue weighted by Gasteiger charge is -2.18. The van der Waals surface area contributed by atoms with Gasteiger partial charge in [0.25, 0.3) is 0 Å². The smallest absolute Gasteiger partial charge is 0.0993 e. The van der Waals surface area contributed by atoms with Gasteiger partial charge in [0, 0.05) is 0 Å². The van der Waals surface area contributed by atoms with Crippen molar-refractivity contribution in [2.45, 2.75) is 27.2 Å². The zero-order chi connectivity index (χ0) is 8.43. The highest BCUT2D eigenvalue weighted by atomic mass is 14.3. The lowest BCUT2D eigenvalue weighted by Crippen LogP contribution is -2.04. The maximum absolute atomic E-state index is 8.80. The maximum atomic E-state index is 8.80. The summed E-state index contributed by atoms with van der Waals surface area (Å²) in [6, 6.07) is 2.25. The quantitative estimate of drug-likeness (QED) is 0.517. The zero-order valence-corrected chi connectivity index (χ0v) is 7.31. The van der Waals surface area contributed by atoms with Gasteiger partial charge in [-0.05, 0) is 31.8 Å². The molecule has 0 saturated carbocycles. The summed E-state index contributed by atoms with van der Waals surface area (Å²) in [6.07, 6.45) is 3.24. The largest absolute Gasteiger partial charge is 0.192 e. The van der Waals surface area contributed by atoms with E-state index in [0.717, 1.165) is 17.6 Å². The minimum atomic E-state index is 0.549. The van der Waals surface area contributed by atoms with Gasteiger partial charge in [-0.2, -0.15) is 5.26 Å². The van der Waals surface area contributed by atoms with Crippen LogP contribution in [0.25, 0.3) is 0 Å². The number of hydrogen-bond acceptors (Lipinski definition) is 1. The third-order valence-corrected chi connectivity index (χ3v) is 2.42. The van der Waals surface area contributed by atoms with Gasteiger partial charge in [0.1, 0.15) is 0 Å². The number of allylic oxidation sites excluding steroid dienone is 4. The van der Waals surface area contributed by atoms with Gasteiger partial charge in [-0.15, -0.1) is 0 Å². The Hall–Kier alpha value is -1.03. The zero-order valence-electron chi connectivity index (χ0n) is 7.31. The molecule has 1 aliphatic rings. The predicted octanol–water partition coefficient (Wildman–Crippen LogP) is 2.81. The van der Waals surface area contributed by atoms with E-state index in [1.54, 1.807) is 0 Å². The molecule has 11 heavy (non-hydrogen) atoms. The molecule has 0 radical (unpaired) electrons. The van der Waals surface area contributed by atoms with Crippen molar-refractivity contribution in [3.63, 3.8) is 0 Å². The normalized spacial score (nSPS) is 24.5. The Morgan fingerprint density at radius 3 is 2.64 bits per heavy atom. The van der Waals surface area contributed by atoms with Crippen LogP contribution in [0.3, 0.4) is 0 Å². The van der Waals surface area contributed by atoms with Gasteiger partial charge in [-0.1, -0.05) is 18.6 Å². The number of rotatable bonds is 0. The van der Waals surface area contributed by atoms with E-state index in [0.29, 0.717) is 5.92 Å². The van der Waals surface area contributed by atoms with Gasteiger partial charge in [0.05, 0.1) is 11.6 Å². The van der Waals surface area contributed by atoms with Crippen molar-refractivity contribution in [3.05, 3.63) is 22.8 Å². The summed E-state index contributed by atoms with van der Waals surface area (Å²) in [4.78, 5) is 0. The third kappa shape index (κ3) is 1.35. The summed E-state index contributed by atoms with van der Waals surface area (Å²) in [6.45, 7) is 6.23. The summed E-state index contributed by atoms with van der Waals surface area (Å²) in [7, 11) is 0. The van der Waals surface area contributed by atoms with E-state index in [1.165, 1.54) is 5.57 Å². The fourth-order valence-electron chi connectivity index (χ4n) is 1.37. The molecule has 1 unspecified atom stereocenters. The molecule has 0 aliphatic heterocycles. The molecule has 1 atom stereocenters. The van der Waals surface area contributed by atoms with E-state index >= 15 is 0 Å². The average molecular weight is 147 g/mol. The van der Waals surface area contributed by atoms with Gasteiger partial charge in [-0.3, -0.25) is 0 Å². The van der Waals surface area contributed by atoms with Crippen molar-refractivity contribution in [1.29, 1.82) is 5.26 Å². The summed E-state index contributed by atoms with van der Waals surface area (Å²) >= 11 is 0. The molecule has 0 saturated heterocycles. The van der Waals surface area contributed by atoms with Crippen molar-refractivity contribution < 1.29 is 0 Å². The van der Waals surface area contributed by atoms with Crippen LogP contribution < -0.4 is 0 Å². The predicted molar refractivity (Wildman–Crippen MR) is 45.9 cm³/mol. The fourth-order valence-corrected chi connectivity index (χ4v) is 1.37. The first-order valence-corrected chi connectivity index (χ1v) is 3.94. The minimum Gasteiger partial charge on any atom is -0.192 e. The highest BCUT2D eigenvalue weighted by Gasteiger charge is 2.14. The molecule has 0 N–H and O–H groups in total. The minimum absolute atomic E-state index is 0.549. The Kier molecular flexibility index (Phi) is 2.14. The molecular formula is C10H13N. The van der Waals surface area contributed by atoms with E-state index in [1.807, 2.05) is 6.92 Å². The lowest BCUT2D eigenvalue weighted by atomic mass is 9.86. The van der Waals surface area contributed by atoms with Gasteiger partial charge in [-0.25, -0.2) is 0 Å². The van der Waals surface area contributed by atoms with Crippen LogP contribution in [0.2, 0.25) is 0 Å². The molecule has 0 spiro atoms. The Labute approximate surface area is 68.0 Å². The van der Waals surface area contributed by atoms with Crippen LogP contribution in [-0.2, 0) is 0 Å². The number of nitriles is 1. The van der Waals surface area contributed by atoms with Crippen LogP contribution in [0.4, 0.5) is 0 Å². The van der Waals surface area contributed by atoms with E-state index in [2.05, 4.69) is 26.0 Å². The Bertz CT molecular complexity index is 263. The first-order valence-electron chi connectivity index (χ1n) is 3.94. The van der Waals surface area contributed by atoms with Crippen LogP contribution in [0.15, 0.2) is 22.8 Å². The Morgan fingerprint density at radius 1 is 1.55 bits per heavy atom. The topological polar surface area (TPSA) is 23.8 Å². The molecule has 1 nitrogen and oxygen atoms in total. The molecule has 0 bridgehead atoms. The second-order valence-corrected chi connectivity index (χ2v) is 3.19. The molecule has 1 aliphatic carbocycles. The van der Waals surface area contributed by atoms with Gasteiger partial charge < -0.3 is 0 Å². The molecule has 1 rings (SSSR count). The van der Waals surface area contributed by atoms with Crippen molar-refractivity contribution in [3.8, 4) is 6.07 Å². The molecule has 0 aromatic rings. The molecular weight excluding hydrogens is 134 g/mol. The highest BCUT2D eigenvalue weighted by molar-refractivity contribution is 5.46. The molecule has 1 heteroatoms. The summed E-state index contributed by atoms with van der Waals surface area (Å²) in [5.74, 6) is 0.549. The molecule has 0 aromatic carbocycles. The Morgan fingerprint density at radius 2 is 2.18 bits per heavy atom. The van der Waals surface area contributed by atoms with Crippen LogP contribution >= 0.6 is 0 Å². The van der Waals surface area contributed by atoms with Crippen molar-refractivity contribution in [2.24, 2.45) is 5.92 Å². The van der Waals surface area contributed by atoms with E-state index < -0.39 is 0 Å². The SMILES string of the molecule is CC1=CCC(C)C(C)=C1C#N. The maximum Gasteiger partial charge on any atom is 0.0993 e. The standard InChI is InChI=1S/C10H13N/c1-7-4-5-8(2)10(6-11)9(7)3/h5,7H,4H2,1-3H3. The van der Waals surface area contributed by atoms with Crippen molar-refractivity contribution >= 4 is 0 Å². The molecule has 58 valence electrons. The summed E-state index contributed by atoms with van der Waals surface area (Å²) in [5, 5.41) is 8.80. The van der Waals surface area contributed by atoms with Gasteiger partial charge in [0.15, 0.2) is 0 Å². The fraction of sp³-hybridized carbons (Fsp3) is 0.500. The lowest BCUT2D eigenvalue weighted by molar-refractivity contribution is 0.675. The van der Waals surface area contributed by atoms with E-state index in [4.69, 9.17) is 5.26 Å².